The molecule has 0 atom stereocenters. The van der Waals surface area contributed by atoms with E-state index in [9.17, 15) is 4.79 Å². The predicted molar refractivity (Wildman–Crippen MR) is 77.6 cm³/mol. The molecule has 1 aromatic carbocycles. The lowest BCUT2D eigenvalue weighted by atomic mass is 10.1. The number of hydrogen-bond acceptors (Lipinski definition) is 4. The average Bonchev–Trinajstić information content (AvgIpc) is 2.82. The maximum Gasteiger partial charge on any atom is 0.218 e. The molecule has 0 bridgehead atoms. The first-order chi connectivity index (χ1) is 9.26. The van der Waals surface area contributed by atoms with E-state index in [0.717, 1.165) is 10.9 Å². The van der Waals surface area contributed by atoms with Gasteiger partial charge in [-0.1, -0.05) is 18.2 Å². The van der Waals surface area contributed by atoms with Crippen molar-refractivity contribution in [1.29, 1.82) is 0 Å². The molecule has 4 heteroatoms. The van der Waals surface area contributed by atoms with Crippen molar-refractivity contribution < 1.29 is 14.3 Å². The lowest BCUT2D eigenvalue weighted by Gasteiger charge is -2.15. The van der Waals surface area contributed by atoms with Gasteiger partial charge in [0, 0.05) is 24.3 Å². The fraction of sp³-hybridized carbons (Fsp3) is 0.400. The van der Waals surface area contributed by atoms with Crippen LogP contribution in [0.3, 0.4) is 0 Å². The van der Waals surface area contributed by atoms with Crippen molar-refractivity contribution >= 4 is 27.2 Å². The number of carbonyl (C=O) groups is 1. The number of fused-ring (bicyclic) bond motifs is 1. The fourth-order valence-electron chi connectivity index (χ4n) is 1.98. The van der Waals surface area contributed by atoms with Crippen molar-refractivity contribution in [2.24, 2.45) is 0 Å². The second-order valence-electron chi connectivity index (χ2n) is 4.14. The molecule has 1 heterocycles. The molecule has 0 spiro atoms. The maximum absolute atomic E-state index is 12.2. The summed E-state index contributed by atoms with van der Waals surface area (Å²) < 4.78 is 11.9. The Hall–Kier alpha value is -1.23. The highest BCUT2D eigenvalue weighted by Gasteiger charge is 2.20. The predicted octanol–water partition coefficient (Wildman–Crippen LogP) is 3.41. The molecule has 0 saturated carbocycles. The van der Waals surface area contributed by atoms with Crippen LogP contribution in [0.15, 0.2) is 29.6 Å². The molecule has 0 aliphatic heterocycles. The number of hydrogen-bond donors (Lipinski definition) is 0. The number of rotatable bonds is 7. The van der Waals surface area contributed by atoms with Crippen LogP contribution >= 0.6 is 11.3 Å². The monoisotopic (exact) mass is 278 g/mol. The van der Waals surface area contributed by atoms with E-state index in [1.165, 1.54) is 4.70 Å². The summed E-state index contributed by atoms with van der Waals surface area (Å²) in [6, 6.07) is 8.11. The van der Waals surface area contributed by atoms with Gasteiger partial charge >= 0.3 is 0 Å². The highest BCUT2D eigenvalue weighted by Crippen LogP contribution is 2.26. The smallest absolute Gasteiger partial charge is 0.218 e. The van der Waals surface area contributed by atoms with Gasteiger partial charge in [0.15, 0.2) is 5.78 Å². The summed E-state index contributed by atoms with van der Waals surface area (Å²) in [6.07, 6.45) is -0.386. The number of ketones is 1. The minimum atomic E-state index is -0.742. The zero-order chi connectivity index (χ0) is 13.7. The molecule has 0 fully saturated rings. The van der Waals surface area contributed by atoms with Gasteiger partial charge in [0.2, 0.25) is 6.29 Å². The fourth-order valence-corrected chi connectivity index (χ4v) is 2.94. The Kier molecular flexibility index (Phi) is 5.07. The van der Waals surface area contributed by atoms with Crippen LogP contribution in [0.1, 0.15) is 19.4 Å². The molecule has 2 rings (SSSR count). The van der Waals surface area contributed by atoms with Crippen LogP contribution in [0.25, 0.3) is 10.1 Å². The second-order valence-corrected chi connectivity index (χ2v) is 5.05. The van der Waals surface area contributed by atoms with Gasteiger partial charge in [-0.05, 0) is 36.2 Å². The molecule has 2 aromatic rings. The van der Waals surface area contributed by atoms with Crippen LogP contribution in [0, 0.1) is 0 Å². The first kappa shape index (κ1) is 14.2. The van der Waals surface area contributed by atoms with Crippen molar-refractivity contribution in [2.45, 2.75) is 26.6 Å². The van der Waals surface area contributed by atoms with E-state index in [4.69, 9.17) is 9.47 Å². The van der Waals surface area contributed by atoms with Gasteiger partial charge in [-0.2, -0.15) is 0 Å². The van der Waals surface area contributed by atoms with E-state index >= 15 is 0 Å². The normalized spacial score (nSPS) is 11.3. The van der Waals surface area contributed by atoms with Crippen molar-refractivity contribution in [1.82, 2.24) is 0 Å². The topological polar surface area (TPSA) is 35.5 Å². The van der Waals surface area contributed by atoms with Gasteiger partial charge in [0.1, 0.15) is 0 Å². The quantitative estimate of drug-likeness (QED) is 0.728. The highest BCUT2D eigenvalue weighted by atomic mass is 32.1. The maximum atomic E-state index is 12.2. The Morgan fingerprint density at radius 1 is 1.21 bits per heavy atom. The molecule has 19 heavy (non-hydrogen) atoms. The number of carbonyl (C=O) groups excluding carboxylic acids is 1. The highest BCUT2D eigenvalue weighted by molar-refractivity contribution is 7.17. The number of ether oxygens (including phenoxy) is 2. The Balaban J connectivity index is 2.13. The van der Waals surface area contributed by atoms with Crippen LogP contribution in [0.4, 0.5) is 0 Å². The summed E-state index contributed by atoms with van der Waals surface area (Å²) >= 11 is 1.66. The molecule has 0 aliphatic rings. The SMILES string of the molecule is CCOC(OCC)C(=O)Cc1csc2ccccc12. The molecule has 0 amide bonds. The zero-order valence-corrected chi connectivity index (χ0v) is 12.0. The standard InChI is InChI=1S/C15H18O3S/c1-3-17-15(18-4-2)13(16)9-11-10-19-14-8-6-5-7-12(11)14/h5-8,10,15H,3-4,9H2,1-2H3. The lowest BCUT2D eigenvalue weighted by molar-refractivity contribution is -0.167. The number of benzene rings is 1. The zero-order valence-electron chi connectivity index (χ0n) is 11.2. The lowest BCUT2D eigenvalue weighted by Crippen LogP contribution is -2.29. The molecule has 102 valence electrons. The Labute approximate surface area is 117 Å². The number of Topliss-reactive ketones (excluding diaryl/α,β-unsaturated/α-hetero) is 1. The summed E-state index contributed by atoms with van der Waals surface area (Å²) in [5.41, 5.74) is 1.05. The van der Waals surface area contributed by atoms with E-state index in [0.29, 0.717) is 19.6 Å². The van der Waals surface area contributed by atoms with E-state index in [2.05, 4.69) is 6.07 Å². The average molecular weight is 278 g/mol. The molecule has 3 nitrogen and oxygen atoms in total. The molecular formula is C15H18O3S. The van der Waals surface area contributed by atoms with Gasteiger partial charge < -0.3 is 9.47 Å². The molecule has 0 saturated heterocycles. The third-order valence-corrected chi connectivity index (χ3v) is 3.84. The summed E-state index contributed by atoms with van der Waals surface area (Å²) in [4.78, 5) is 12.2. The van der Waals surface area contributed by atoms with Crippen molar-refractivity contribution in [3.05, 3.63) is 35.2 Å². The Morgan fingerprint density at radius 3 is 2.58 bits per heavy atom. The molecule has 0 N–H and O–H groups in total. The van der Waals surface area contributed by atoms with Crippen LogP contribution in [-0.2, 0) is 20.7 Å². The molecule has 1 aromatic heterocycles. The van der Waals surface area contributed by atoms with Crippen LogP contribution < -0.4 is 0 Å². The van der Waals surface area contributed by atoms with Crippen LogP contribution in [-0.4, -0.2) is 25.3 Å². The summed E-state index contributed by atoms with van der Waals surface area (Å²) in [7, 11) is 0. The Morgan fingerprint density at radius 2 is 1.89 bits per heavy atom. The third-order valence-electron chi connectivity index (χ3n) is 2.82. The number of thiophene rings is 1. The van der Waals surface area contributed by atoms with Gasteiger partial charge in [-0.25, -0.2) is 0 Å². The molecule has 0 unspecified atom stereocenters. The van der Waals surface area contributed by atoms with E-state index < -0.39 is 6.29 Å². The van der Waals surface area contributed by atoms with Crippen LogP contribution in [0.5, 0.6) is 0 Å². The first-order valence-corrected chi connectivity index (χ1v) is 7.35. The second kappa shape index (κ2) is 6.80. The van der Waals surface area contributed by atoms with Crippen molar-refractivity contribution in [2.75, 3.05) is 13.2 Å². The van der Waals surface area contributed by atoms with Crippen LogP contribution in [0.2, 0.25) is 0 Å². The summed E-state index contributed by atoms with van der Waals surface area (Å²) in [6.45, 7) is 4.67. The van der Waals surface area contributed by atoms with Gasteiger partial charge in [0.05, 0.1) is 0 Å². The van der Waals surface area contributed by atoms with Gasteiger partial charge in [0.25, 0.3) is 0 Å². The van der Waals surface area contributed by atoms with Gasteiger partial charge in [-0.15, -0.1) is 11.3 Å². The van der Waals surface area contributed by atoms with Crippen molar-refractivity contribution in [3.63, 3.8) is 0 Å². The van der Waals surface area contributed by atoms with Crippen molar-refractivity contribution in [3.8, 4) is 0 Å². The first-order valence-electron chi connectivity index (χ1n) is 6.47. The summed E-state index contributed by atoms with van der Waals surface area (Å²) in [5, 5.41) is 3.19. The largest absolute Gasteiger partial charge is 0.346 e. The van der Waals surface area contributed by atoms with E-state index in [-0.39, 0.29) is 5.78 Å². The van der Waals surface area contributed by atoms with E-state index in [1.807, 2.05) is 37.4 Å². The minimum Gasteiger partial charge on any atom is -0.346 e. The molecular weight excluding hydrogens is 260 g/mol. The minimum absolute atomic E-state index is 0.0211. The van der Waals surface area contributed by atoms with Gasteiger partial charge in [-0.3, -0.25) is 4.79 Å². The third kappa shape index (κ3) is 3.41. The summed E-state index contributed by atoms with van der Waals surface area (Å²) in [5.74, 6) is -0.0211. The molecule has 0 radical (unpaired) electrons. The van der Waals surface area contributed by atoms with E-state index in [1.54, 1.807) is 11.3 Å². The Bertz CT molecular complexity index is 541. The molecule has 0 aliphatic carbocycles.